The van der Waals surface area contributed by atoms with Crippen molar-refractivity contribution in [3.05, 3.63) is 70.2 Å². The second-order valence-corrected chi connectivity index (χ2v) is 4.79. The largest absolute Gasteiger partial charge is 0.285 e. The van der Waals surface area contributed by atoms with E-state index in [-0.39, 0.29) is 6.04 Å². The Balaban J connectivity index is 2.14. The van der Waals surface area contributed by atoms with E-state index in [1.54, 1.807) is 0 Å². The highest BCUT2D eigenvalue weighted by Crippen LogP contribution is 2.24. The lowest BCUT2D eigenvalue weighted by atomic mass is 10.1. The van der Waals surface area contributed by atoms with Gasteiger partial charge in [-0.25, -0.2) is 0 Å². The maximum Gasteiger partial charge on any atom is 0.0735 e. The minimum Gasteiger partial charge on any atom is -0.285 e. The van der Waals surface area contributed by atoms with Crippen molar-refractivity contribution in [2.75, 3.05) is 0 Å². The van der Waals surface area contributed by atoms with Gasteiger partial charge in [-0.2, -0.15) is 0 Å². The third-order valence-electron chi connectivity index (χ3n) is 2.88. The molecule has 2 rings (SSSR count). The van der Waals surface area contributed by atoms with Crippen molar-refractivity contribution < 1.29 is 0 Å². The van der Waals surface area contributed by atoms with E-state index in [1.165, 1.54) is 5.56 Å². The van der Waals surface area contributed by atoms with E-state index in [0.717, 1.165) is 16.1 Å². The maximum absolute atomic E-state index is 6.15. The number of benzene rings is 2. The molecule has 0 aromatic heterocycles. The fourth-order valence-electron chi connectivity index (χ4n) is 1.74. The van der Waals surface area contributed by atoms with Crippen LogP contribution in [0, 0.1) is 6.92 Å². The van der Waals surface area contributed by atoms with Crippen LogP contribution in [0.25, 0.3) is 0 Å². The fourth-order valence-corrected chi connectivity index (χ4v) is 2.04. The van der Waals surface area contributed by atoms with Gasteiger partial charge in [0, 0.05) is 11.2 Å². The van der Waals surface area contributed by atoms with Gasteiger partial charge in [-0.05, 0) is 31.0 Å². The summed E-state index contributed by atoms with van der Waals surface area (Å²) in [7, 11) is 0. The van der Waals surface area contributed by atoms with Gasteiger partial charge in [0.1, 0.15) is 0 Å². The van der Waals surface area contributed by atoms with Crippen LogP contribution >= 0.6 is 11.6 Å². The minimum atomic E-state index is 0.0694. The lowest BCUT2D eigenvalue weighted by Gasteiger charge is -2.08. The van der Waals surface area contributed by atoms with Crippen molar-refractivity contribution in [1.82, 2.24) is 0 Å². The SMILES string of the molecule is Cc1ccc(C=NC(C)c2ccccc2Cl)cc1. The summed E-state index contributed by atoms with van der Waals surface area (Å²) in [5.41, 5.74) is 3.42. The molecule has 1 nitrogen and oxygen atoms in total. The Kier molecular flexibility index (Phi) is 4.16. The van der Waals surface area contributed by atoms with Gasteiger partial charge in [0.2, 0.25) is 0 Å². The highest BCUT2D eigenvalue weighted by Gasteiger charge is 2.05. The van der Waals surface area contributed by atoms with E-state index in [9.17, 15) is 0 Å². The number of nitrogens with zero attached hydrogens (tertiary/aromatic N) is 1. The molecule has 1 atom stereocenters. The van der Waals surface area contributed by atoms with Crippen molar-refractivity contribution in [3.63, 3.8) is 0 Å². The van der Waals surface area contributed by atoms with Crippen molar-refractivity contribution >= 4 is 17.8 Å². The molecule has 0 amide bonds. The van der Waals surface area contributed by atoms with Crippen molar-refractivity contribution in [2.45, 2.75) is 19.9 Å². The van der Waals surface area contributed by atoms with Crippen molar-refractivity contribution in [2.24, 2.45) is 4.99 Å². The number of rotatable bonds is 3. The first-order valence-electron chi connectivity index (χ1n) is 6.01. The van der Waals surface area contributed by atoms with E-state index in [4.69, 9.17) is 11.6 Å². The first-order valence-corrected chi connectivity index (χ1v) is 6.39. The van der Waals surface area contributed by atoms with Gasteiger partial charge in [-0.15, -0.1) is 0 Å². The molecule has 92 valence electrons. The minimum absolute atomic E-state index is 0.0694. The van der Waals surface area contributed by atoms with Crippen LogP contribution < -0.4 is 0 Å². The van der Waals surface area contributed by atoms with Gasteiger partial charge in [0.15, 0.2) is 0 Å². The van der Waals surface area contributed by atoms with Crippen LogP contribution in [0.3, 0.4) is 0 Å². The Bertz CT molecular complexity index is 543. The Morgan fingerprint density at radius 2 is 1.72 bits per heavy atom. The van der Waals surface area contributed by atoms with Gasteiger partial charge >= 0.3 is 0 Å². The molecular formula is C16H16ClN. The first-order chi connectivity index (χ1) is 8.66. The number of aliphatic imine (C=N–C) groups is 1. The Morgan fingerprint density at radius 1 is 1.06 bits per heavy atom. The number of hydrogen-bond donors (Lipinski definition) is 0. The van der Waals surface area contributed by atoms with E-state index in [2.05, 4.69) is 36.2 Å². The second kappa shape index (κ2) is 5.83. The summed E-state index contributed by atoms with van der Waals surface area (Å²) in [6.07, 6.45) is 1.90. The third kappa shape index (κ3) is 3.21. The van der Waals surface area contributed by atoms with Gasteiger partial charge in [-0.1, -0.05) is 59.6 Å². The summed E-state index contributed by atoms with van der Waals surface area (Å²) in [6, 6.07) is 16.2. The molecule has 0 aliphatic carbocycles. The molecule has 18 heavy (non-hydrogen) atoms. The molecule has 0 fully saturated rings. The van der Waals surface area contributed by atoms with E-state index in [0.29, 0.717) is 0 Å². The number of aryl methyl sites for hydroxylation is 1. The first kappa shape index (κ1) is 12.8. The number of hydrogen-bond acceptors (Lipinski definition) is 1. The molecule has 2 heteroatoms. The molecule has 0 saturated heterocycles. The topological polar surface area (TPSA) is 12.4 Å². The second-order valence-electron chi connectivity index (χ2n) is 4.39. The van der Waals surface area contributed by atoms with Crippen molar-refractivity contribution in [3.8, 4) is 0 Å². The van der Waals surface area contributed by atoms with Crippen LogP contribution in [0.15, 0.2) is 53.5 Å². The maximum atomic E-state index is 6.15. The predicted molar refractivity (Wildman–Crippen MR) is 78.6 cm³/mol. The average molecular weight is 258 g/mol. The Hall–Kier alpha value is -1.60. The molecule has 2 aromatic carbocycles. The summed E-state index contributed by atoms with van der Waals surface area (Å²) >= 11 is 6.15. The molecule has 0 saturated carbocycles. The van der Waals surface area contributed by atoms with Crippen LogP contribution in [0.1, 0.15) is 29.7 Å². The van der Waals surface area contributed by atoms with Gasteiger partial charge in [-0.3, -0.25) is 4.99 Å². The normalized spacial score (nSPS) is 12.8. The van der Waals surface area contributed by atoms with Crippen LogP contribution in [-0.2, 0) is 0 Å². The van der Waals surface area contributed by atoms with Crippen molar-refractivity contribution in [1.29, 1.82) is 0 Å². The zero-order valence-corrected chi connectivity index (χ0v) is 11.4. The lowest BCUT2D eigenvalue weighted by Crippen LogP contribution is -1.92. The molecule has 1 unspecified atom stereocenters. The van der Waals surface area contributed by atoms with Crippen LogP contribution in [-0.4, -0.2) is 6.21 Å². The molecular weight excluding hydrogens is 242 g/mol. The van der Waals surface area contributed by atoms with Gasteiger partial charge < -0.3 is 0 Å². The quantitative estimate of drug-likeness (QED) is 0.699. The fraction of sp³-hybridized carbons (Fsp3) is 0.188. The van der Waals surface area contributed by atoms with Crippen LogP contribution in [0.5, 0.6) is 0 Å². The van der Waals surface area contributed by atoms with E-state index in [1.807, 2.05) is 37.4 Å². The monoisotopic (exact) mass is 257 g/mol. The molecule has 2 aromatic rings. The van der Waals surface area contributed by atoms with E-state index >= 15 is 0 Å². The standard InChI is InChI=1S/C16H16ClN/c1-12-7-9-14(10-8-12)11-18-13(2)15-5-3-4-6-16(15)17/h3-11,13H,1-2H3. The molecule has 0 aliphatic rings. The molecule has 0 heterocycles. The summed E-state index contributed by atoms with van der Waals surface area (Å²) in [5.74, 6) is 0. The third-order valence-corrected chi connectivity index (χ3v) is 3.22. The Morgan fingerprint density at radius 3 is 2.39 bits per heavy atom. The smallest absolute Gasteiger partial charge is 0.0735 e. The zero-order chi connectivity index (χ0) is 13.0. The highest BCUT2D eigenvalue weighted by molar-refractivity contribution is 6.31. The summed E-state index contributed by atoms with van der Waals surface area (Å²) in [6.45, 7) is 4.12. The van der Waals surface area contributed by atoms with Gasteiger partial charge in [0.05, 0.1) is 6.04 Å². The zero-order valence-electron chi connectivity index (χ0n) is 10.6. The Labute approximate surface area is 113 Å². The molecule has 0 spiro atoms. The van der Waals surface area contributed by atoms with E-state index < -0.39 is 0 Å². The summed E-state index contributed by atoms with van der Waals surface area (Å²) in [4.78, 5) is 4.55. The summed E-state index contributed by atoms with van der Waals surface area (Å²) in [5, 5.41) is 0.769. The summed E-state index contributed by atoms with van der Waals surface area (Å²) < 4.78 is 0. The molecule has 0 bridgehead atoms. The van der Waals surface area contributed by atoms with Gasteiger partial charge in [0.25, 0.3) is 0 Å². The number of halogens is 1. The highest BCUT2D eigenvalue weighted by atomic mass is 35.5. The van der Waals surface area contributed by atoms with Crippen LogP contribution in [0.2, 0.25) is 5.02 Å². The molecule has 0 aliphatic heterocycles. The predicted octanol–water partition coefficient (Wildman–Crippen LogP) is 4.83. The molecule has 0 radical (unpaired) electrons. The lowest BCUT2D eigenvalue weighted by molar-refractivity contribution is 0.825. The average Bonchev–Trinajstić information content (AvgIpc) is 2.38. The molecule has 0 N–H and O–H groups in total. The van der Waals surface area contributed by atoms with Crippen LogP contribution in [0.4, 0.5) is 0 Å².